The van der Waals surface area contributed by atoms with Crippen LogP contribution in [0.5, 0.6) is 0 Å². The maximum absolute atomic E-state index is 11.9. The molecular weight excluding hydrogens is 262 g/mol. The molecule has 0 aliphatic carbocycles. The van der Waals surface area contributed by atoms with Crippen LogP contribution in [0.15, 0.2) is 18.2 Å². The van der Waals surface area contributed by atoms with Gasteiger partial charge in [0, 0.05) is 6.08 Å². The van der Waals surface area contributed by atoms with E-state index in [1.54, 1.807) is 6.07 Å². The van der Waals surface area contributed by atoms with Crippen LogP contribution in [0.3, 0.4) is 0 Å². The molecule has 0 aliphatic heterocycles. The standard InChI is InChI=1S/C10H4Cl2F3N/c11-8-3-6(1-2-10(13,14)15)4-9(12)7(8)5-16/h1-4H. The third kappa shape index (κ3) is 3.44. The SMILES string of the molecule is N#Cc1c(Cl)cc(C=CC(F)(F)F)cc1Cl. The second kappa shape index (κ2) is 4.77. The van der Waals surface area contributed by atoms with Crippen molar-refractivity contribution in [2.45, 2.75) is 6.18 Å². The van der Waals surface area contributed by atoms with E-state index in [1.165, 1.54) is 12.1 Å². The average molecular weight is 266 g/mol. The molecule has 16 heavy (non-hydrogen) atoms. The summed E-state index contributed by atoms with van der Waals surface area (Å²) in [5.74, 6) is 0. The summed E-state index contributed by atoms with van der Waals surface area (Å²) in [6.07, 6.45) is -3.49. The fraction of sp³-hybridized carbons (Fsp3) is 0.100. The lowest BCUT2D eigenvalue weighted by atomic mass is 10.1. The largest absolute Gasteiger partial charge is 0.409 e. The monoisotopic (exact) mass is 265 g/mol. The van der Waals surface area contributed by atoms with Gasteiger partial charge in [0.1, 0.15) is 6.07 Å². The van der Waals surface area contributed by atoms with Gasteiger partial charge in [0.25, 0.3) is 0 Å². The van der Waals surface area contributed by atoms with E-state index < -0.39 is 6.18 Å². The topological polar surface area (TPSA) is 23.8 Å². The number of hydrogen-bond acceptors (Lipinski definition) is 1. The highest BCUT2D eigenvalue weighted by atomic mass is 35.5. The first-order chi connectivity index (χ1) is 7.33. The van der Waals surface area contributed by atoms with Gasteiger partial charge in [-0.15, -0.1) is 0 Å². The summed E-state index contributed by atoms with van der Waals surface area (Å²) in [6, 6.07) is 4.24. The van der Waals surface area contributed by atoms with Crippen LogP contribution < -0.4 is 0 Å². The van der Waals surface area contributed by atoms with E-state index >= 15 is 0 Å². The van der Waals surface area contributed by atoms with Crippen molar-refractivity contribution in [1.82, 2.24) is 0 Å². The Kier molecular flexibility index (Phi) is 3.84. The zero-order valence-electron chi connectivity index (χ0n) is 7.65. The third-order valence-electron chi connectivity index (χ3n) is 1.64. The van der Waals surface area contributed by atoms with E-state index in [2.05, 4.69) is 0 Å². The van der Waals surface area contributed by atoms with Crippen molar-refractivity contribution in [3.05, 3.63) is 39.4 Å². The maximum atomic E-state index is 11.9. The molecule has 0 unspecified atom stereocenters. The van der Waals surface area contributed by atoms with Gasteiger partial charge in [-0.05, 0) is 23.8 Å². The predicted molar refractivity (Wildman–Crippen MR) is 56.3 cm³/mol. The first kappa shape index (κ1) is 12.9. The van der Waals surface area contributed by atoms with Crippen LogP contribution in [-0.4, -0.2) is 6.18 Å². The number of halogens is 5. The number of allylic oxidation sites excluding steroid dienone is 1. The quantitative estimate of drug-likeness (QED) is 0.737. The molecule has 0 N–H and O–H groups in total. The van der Waals surface area contributed by atoms with E-state index in [0.717, 1.165) is 6.08 Å². The van der Waals surface area contributed by atoms with Gasteiger partial charge < -0.3 is 0 Å². The lowest BCUT2D eigenvalue weighted by Crippen LogP contribution is -2.00. The Morgan fingerprint density at radius 2 is 1.69 bits per heavy atom. The number of rotatable bonds is 1. The van der Waals surface area contributed by atoms with Gasteiger partial charge in [0.2, 0.25) is 0 Å². The summed E-state index contributed by atoms with van der Waals surface area (Å²) in [4.78, 5) is 0. The molecule has 1 rings (SSSR count). The summed E-state index contributed by atoms with van der Waals surface area (Å²) in [5, 5.41) is 8.68. The maximum Gasteiger partial charge on any atom is 0.409 e. The van der Waals surface area contributed by atoms with Gasteiger partial charge in [-0.1, -0.05) is 23.2 Å². The predicted octanol–water partition coefficient (Wildman–Crippen LogP) is 4.44. The second-order valence-corrected chi connectivity index (χ2v) is 3.66. The molecule has 0 fully saturated rings. The Morgan fingerprint density at radius 3 is 2.06 bits per heavy atom. The molecule has 0 aromatic heterocycles. The van der Waals surface area contributed by atoms with Crippen LogP contribution in [-0.2, 0) is 0 Å². The Bertz CT molecular complexity index is 449. The van der Waals surface area contributed by atoms with Gasteiger partial charge in [-0.2, -0.15) is 18.4 Å². The minimum absolute atomic E-state index is 0.0248. The highest BCUT2D eigenvalue weighted by Gasteiger charge is 2.21. The van der Waals surface area contributed by atoms with Crippen molar-refractivity contribution in [3.63, 3.8) is 0 Å². The van der Waals surface area contributed by atoms with E-state index in [4.69, 9.17) is 28.5 Å². The van der Waals surface area contributed by atoms with E-state index in [9.17, 15) is 13.2 Å². The van der Waals surface area contributed by atoms with Crippen molar-refractivity contribution in [3.8, 4) is 6.07 Å². The molecular formula is C10H4Cl2F3N. The van der Waals surface area contributed by atoms with Crippen molar-refractivity contribution >= 4 is 29.3 Å². The zero-order valence-corrected chi connectivity index (χ0v) is 9.16. The molecule has 0 atom stereocenters. The smallest absolute Gasteiger partial charge is 0.192 e. The molecule has 0 amide bonds. The average Bonchev–Trinajstić information content (AvgIpc) is 2.13. The second-order valence-electron chi connectivity index (χ2n) is 2.85. The number of nitrogens with zero attached hydrogens (tertiary/aromatic N) is 1. The molecule has 0 aliphatic rings. The van der Waals surface area contributed by atoms with Crippen molar-refractivity contribution < 1.29 is 13.2 Å². The molecule has 1 nitrogen and oxygen atoms in total. The molecule has 6 heteroatoms. The Hall–Kier alpha value is -1.18. The van der Waals surface area contributed by atoms with Gasteiger partial charge in [-0.3, -0.25) is 0 Å². The number of nitriles is 1. The van der Waals surface area contributed by atoms with E-state index in [0.29, 0.717) is 0 Å². The molecule has 0 saturated heterocycles. The zero-order chi connectivity index (χ0) is 12.3. The van der Waals surface area contributed by atoms with Gasteiger partial charge in [0.15, 0.2) is 0 Å². The van der Waals surface area contributed by atoms with Crippen molar-refractivity contribution in [2.24, 2.45) is 0 Å². The lowest BCUT2D eigenvalue weighted by molar-refractivity contribution is -0.0790. The Balaban J connectivity index is 3.12. The Morgan fingerprint density at radius 1 is 1.19 bits per heavy atom. The van der Waals surface area contributed by atoms with Crippen LogP contribution in [0.4, 0.5) is 13.2 Å². The molecule has 84 valence electrons. The minimum atomic E-state index is -4.40. The molecule has 0 radical (unpaired) electrons. The fourth-order valence-corrected chi connectivity index (χ4v) is 1.57. The number of hydrogen-bond donors (Lipinski definition) is 0. The van der Waals surface area contributed by atoms with Gasteiger partial charge in [-0.25, -0.2) is 0 Å². The fourth-order valence-electron chi connectivity index (χ4n) is 0.986. The molecule has 0 bridgehead atoms. The van der Waals surface area contributed by atoms with E-state index in [-0.39, 0.29) is 27.2 Å². The van der Waals surface area contributed by atoms with Crippen molar-refractivity contribution in [1.29, 1.82) is 5.26 Å². The molecule has 1 aromatic rings. The van der Waals surface area contributed by atoms with Gasteiger partial charge in [0.05, 0.1) is 15.6 Å². The van der Waals surface area contributed by atoms with Gasteiger partial charge >= 0.3 is 6.18 Å². The van der Waals surface area contributed by atoms with Crippen LogP contribution in [0, 0.1) is 11.3 Å². The number of alkyl halides is 3. The Labute approximate surface area is 99.7 Å². The van der Waals surface area contributed by atoms with Crippen LogP contribution in [0.1, 0.15) is 11.1 Å². The first-order valence-corrected chi connectivity index (χ1v) is 4.74. The summed E-state index contributed by atoms with van der Waals surface area (Å²) < 4.78 is 35.6. The summed E-state index contributed by atoms with van der Waals surface area (Å²) in [5.41, 5.74) is 0.235. The molecule has 1 aromatic carbocycles. The lowest BCUT2D eigenvalue weighted by Gasteiger charge is -2.02. The number of benzene rings is 1. The highest BCUT2D eigenvalue weighted by molar-refractivity contribution is 6.36. The summed E-state index contributed by atoms with van der Waals surface area (Å²) in [7, 11) is 0. The summed E-state index contributed by atoms with van der Waals surface area (Å²) in [6.45, 7) is 0. The highest BCUT2D eigenvalue weighted by Crippen LogP contribution is 2.27. The van der Waals surface area contributed by atoms with Crippen LogP contribution in [0.25, 0.3) is 6.08 Å². The van der Waals surface area contributed by atoms with Crippen LogP contribution >= 0.6 is 23.2 Å². The molecule has 0 spiro atoms. The summed E-state index contributed by atoms with van der Waals surface area (Å²) >= 11 is 11.3. The first-order valence-electron chi connectivity index (χ1n) is 3.98. The normalized spacial score (nSPS) is 11.8. The van der Waals surface area contributed by atoms with Crippen LogP contribution in [0.2, 0.25) is 10.0 Å². The molecule has 0 heterocycles. The third-order valence-corrected chi connectivity index (χ3v) is 2.24. The minimum Gasteiger partial charge on any atom is -0.192 e. The van der Waals surface area contributed by atoms with Crippen molar-refractivity contribution in [2.75, 3.05) is 0 Å². The molecule has 0 saturated carbocycles. The van der Waals surface area contributed by atoms with E-state index in [1.807, 2.05) is 0 Å².